The first kappa shape index (κ1) is 20.5. The van der Waals surface area contributed by atoms with Crippen LogP contribution in [0.2, 0.25) is 0 Å². The van der Waals surface area contributed by atoms with Gasteiger partial charge in [-0.15, -0.1) is 0 Å². The molecule has 0 radical (unpaired) electrons. The molecule has 0 aliphatic heterocycles. The molecule has 2 aromatic carbocycles. The highest BCUT2D eigenvalue weighted by atomic mass is 16.2. The first-order valence-corrected chi connectivity index (χ1v) is 10.1. The van der Waals surface area contributed by atoms with E-state index in [2.05, 4.69) is 10.3 Å². The summed E-state index contributed by atoms with van der Waals surface area (Å²) in [5, 5.41) is 3.81. The van der Waals surface area contributed by atoms with E-state index in [1.165, 1.54) is 0 Å². The van der Waals surface area contributed by atoms with Crippen molar-refractivity contribution in [3.8, 4) is 0 Å². The molecule has 0 fully saturated rings. The van der Waals surface area contributed by atoms with E-state index in [1.807, 2.05) is 52.0 Å². The largest absolute Gasteiger partial charge is 0.339 e. The summed E-state index contributed by atoms with van der Waals surface area (Å²) in [7, 11) is 0. The van der Waals surface area contributed by atoms with E-state index in [1.54, 1.807) is 29.2 Å². The van der Waals surface area contributed by atoms with Gasteiger partial charge in [-0.05, 0) is 63.1 Å². The first-order chi connectivity index (χ1) is 14.0. The van der Waals surface area contributed by atoms with Crippen LogP contribution in [-0.4, -0.2) is 34.8 Å². The maximum Gasteiger partial charge on any atom is 0.256 e. The average Bonchev–Trinajstić information content (AvgIpc) is 2.74. The van der Waals surface area contributed by atoms with Gasteiger partial charge in [-0.1, -0.05) is 25.1 Å². The Labute approximate surface area is 171 Å². The molecule has 0 atom stereocenters. The number of anilines is 1. The number of carbonyl (C=O) groups is 2. The predicted molar refractivity (Wildman–Crippen MR) is 118 cm³/mol. The molecular weight excluding hydrogens is 362 g/mol. The molecule has 0 unspecified atom stereocenters. The van der Waals surface area contributed by atoms with Crippen LogP contribution in [0.25, 0.3) is 10.9 Å². The minimum atomic E-state index is -0.168. The molecule has 3 rings (SSSR count). The van der Waals surface area contributed by atoms with Crippen LogP contribution in [0.5, 0.6) is 0 Å². The zero-order chi connectivity index (χ0) is 21.0. The predicted octanol–water partition coefficient (Wildman–Crippen LogP) is 4.84. The second-order valence-corrected chi connectivity index (χ2v) is 6.94. The molecule has 0 spiro atoms. The van der Waals surface area contributed by atoms with E-state index < -0.39 is 0 Å². The minimum Gasteiger partial charge on any atom is -0.339 e. The van der Waals surface area contributed by atoms with Crippen molar-refractivity contribution in [2.75, 3.05) is 18.4 Å². The molecule has 29 heavy (non-hydrogen) atoms. The zero-order valence-electron chi connectivity index (χ0n) is 17.5. The van der Waals surface area contributed by atoms with E-state index in [9.17, 15) is 9.59 Å². The summed E-state index contributed by atoms with van der Waals surface area (Å²) in [5.74, 6) is -0.171. The summed E-state index contributed by atoms with van der Waals surface area (Å²) in [6.45, 7) is 9.24. The van der Waals surface area contributed by atoms with Crippen LogP contribution in [0.4, 0.5) is 5.69 Å². The molecule has 1 N–H and O–H groups in total. The van der Waals surface area contributed by atoms with Gasteiger partial charge in [0, 0.05) is 35.4 Å². The third kappa shape index (κ3) is 4.14. The lowest BCUT2D eigenvalue weighted by Gasteiger charge is -2.18. The van der Waals surface area contributed by atoms with Crippen molar-refractivity contribution in [1.29, 1.82) is 0 Å². The molecule has 3 aromatic rings. The standard InChI is InChI=1S/C24H27N3O2/c1-5-20-16(4)22(19-10-8-9-11-21(19)26-20)23(28)25-18-14-12-17(13-15-18)24(29)27(6-2)7-3/h8-15H,5-7H2,1-4H3,(H,25,28). The topological polar surface area (TPSA) is 62.3 Å². The number of pyridine rings is 1. The van der Waals surface area contributed by atoms with Crippen molar-refractivity contribution in [3.63, 3.8) is 0 Å². The van der Waals surface area contributed by atoms with E-state index in [0.717, 1.165) is 28.6 Å². The van der Waals surface area contributed by atoms with Gasteiger partial charge in [0.1, 0.15) is 0 Å². The number of hydrogen-bond acceptors (Lipinski definition) is 3. The summed E-state index contributed by atoms with van der Waals surface area (Å²) in [6, 6.07) is 14.8. The van der Waals surface area contributed by atoms with Crippen LogP contribution in [0.1, 0.15) is 52.7 Å². The Hall–Kier alpha value is -3.21. The molecule has 2 amide bonds. The van der Waals surface area contributed by atoms with E-state index in [4.69, 9.17) is 0 Å². The van der Waals surface area contributed by atoms with Gasteiger partial charge in [0.05, 0.1) is 11.1 Å². The van der Waals surface area contributed by atoms with Crippen molar-refractivity contribution in [3.05, 3.63) is 70.9 Å². The highest BCUT2D eigenvalue weighted by Crippen LogP contribution is 2.25. The van der Waals surface area contributed by atoms with Gasteiger partial charge in [-0.2, -0.15) is 0 Å². The van der Waals surface area contributed by atoms with Crippen molar-refractivity contribution >= 4 is 28.4 Å². The number of rotatable bonds is 6. The Morgan fingerprint density at radius 3 is 2.24 bits per heavy atom. The van der Waals surface area contributed by atoms with Crippen LogP contribution in [-0.2, 0) is 6.42 Å². The number of fused-ring (bicyclic) bond motifs is 1. The number of carbonyl (C=O) groups excluding carboxylic acids is 2. The number of benzene rings is 2. The Morgan fingerprint density at radius 2 is 1.62 bits per heavy atom. The molecule has 0 saturated carbocycles. The third-order valence-electron chi connectivity index (χ3n) is 5.24. The van der Waals surface area contributed by atoms with Crippen LogP contribution < -0.4 is 5.32 Å². The maximum absolute atomic E-state index is 13.1. The van der Waals surface area contributed by atoms with E-state index in [0.29, 0.717) is 29.9 Å². The van der Waals surface area contributed by atoms with Gasteiger partial charge >= 0.3 is 0 Å². The number of para-hydroxylation sites is 1. The lowest BCUT2D eigenvalue weighted by atomic mass is 9.99. The van der Waals surface area contributed by atoms with Crippen LogP contribution >= 0.6 is 0 Å². The third-order valence-corrected chi connectivity index (χ3v) is 5.24. The number of aryl methyl sites for hydroxylation is 1. The second-order valence-electron chi connectivity index (χ2n) is 6.94. The van der Waals surface area contributed by atoms with Crippen molar-refractivity contribution in [2.24, 2.45) is 0 Å². The quantitative estimate of drug-likeness (QED) is 0.656. The Balaban J connectivity index is 1.89. The molecule has 0 aliphatic carbocycles. The lowest BCUT2D eigenvalue weighted by Crippen LogP contribution is -2.30. The Morgan fingerprint density at radius 1 is 0.966 bits per heavy atom. The molecule has 150 valence electrons. The van der Waals surface area contributed by atoms with Crippen molar-refractivity contribution in [2.45, 2.75) is 34.1 Å². The summed E-state index contributed by atoms with van der Waals surface area (Å²) in [4.78, 5) is 32.0. The molecule has 0 aliphatic rings. The van der Waals surface area contributed by atoms with Gasteiger partial charge in [0.2, 0.25) is 0 Å². The number of nitrogens with one attached hydrogen (secondary N) is 1. The molecule has 0 bridgehead atoms. The van der Waals surface area contributed by atoms with E-state index >= 15 is 0 Å². The van der Waals surface area contributed by atoms with Crippen molar-refractivity contribution in [1.82, 2.24) is 9.88 Å². The Kier molecular flexibility index (Phi) is 6.27. The van der Waals surface area contributed by atoms with Crippen LogP contribution in [0.15, 0.2) is 48.5 Å². The summed E-state index contributed by atoms with van der Waals surface area (Å²) >= 11 is 0. The molecule has 0 saturated heterocycles. The van der Waals surface area contributed by atoms with Gasteiger partial charge < -0.3 is 10.2 Å². The fraction of sp³-hybridized carbons (Fsp3) is 0.292. The van der Waals surface area contributed by atoms with E-state index in [-0.39, 0.29) is 11.8 Å². The van der Waals surface area contributed by atoms with Gasteiger partial charge in [0.25, 0.3) is 11.8 Å². The summed E-state index contributed by atoms with van der Waals surface area (Å²) < 4.78 is 0. The van der Waals surface area contributed by atoms with Crippen molar-refractivity contribution < 1.29 is 9.59 Å². The lowest BCUT2D eigenvalue weighted by molar-refractivity contribution is 0.0773. The molecule has 1 aromatic heterocycles. The summed E-state index contributed by atoms with van der Waals surface area (Å²) in [5.41, 5.74) is 4.57. The fourth-order valence-electron chi connectivity index (χ4n) is 3.58. The normalized spacial score (nSPS) is 10.8. The van der Waals surface area contributed by atoms with Gasteiger partial charge in [-0.3, -0.25) is 14.6 Å². The highest BCUT2D eigenvalue weighted by molar-refractivity contribution is 6.13. The number of nitrogens with zero attached hydrogens (tertiary/aromatic N) is 2. The maximum atomic E-state index is 13.1. The molecule has 5 heteroatoms. The smallest absolute Gasteiger partial charge is 0.256 e. The molecule has 5 nitrogen and oxygen atoms in total. The highest BCUT2D eigenvalue weighted by Gasteiger charge is 2.18. The second kappa shape index (κ2) is 8.86. The zero-order valence-corrected chi connectivity index (χ0v) is 17.5. The monoisotopic (exact) mass is 389 g/mol. The minimum absolute atomic E-state index is 0.00330. The molecule has 1 heterocycles. The number of hydrogen-bond donors (Lipinski definition) is 1. The van der Waals surface area contributed by atoms with Gasteiger partial charge in [0.15, 0.2) is 0 Å². The number of aromatic nitrogens is 1. The van der Waals surface area contributed by atoms with Crippen LogP contribution in [0.3, 0.4) is 0 Å². The SMILES string of the molecule is CCc1nc2ccccc2c(C(=O)Nc2ccc(C(=O)N(CC)CC)cc2)c1C. The fourth-order valence-corrected chi connectivity index (χ4v) is 3.58. The van der Waals surface area contributed by atoms with Crippen LogP contribution in [0, 0.1) is 6.92 Å². The first-order valence-electron chi connectivity index (χ1n) is 10.1. The molecular formula is C24H27N3O2. The number of amides is 2. The average molecular weight is 389 g/mol. The van der Waals surface area contributed by atoms with Gasteiger partial charge in [-0.25, -0.2) is 0 Å². The Bertz CT molecular complexity index is 1040. The summed E-state index contributed by atoms with van der Waals surface area (Å²) in [6.07, 6.45) is 0.763.